The summed E-state index contributed by atoms with van der Waals surface area (Å²) in [5.41, 5.74) is 2.00. The fraction of sp³-hybridized carbons (Fsp3) is 0.455. The number of carbonyl (C=O) groups excluding carboxylic acids is 3. The third-order valence-electron chi connectivity index (χ3n) is 7.89. The maximum Gasteiger partial charge on any atom is 0.326 e. The fourth-order valence-electron chi connectivity index (χ4n) is 5.59. The maximum absolute atomic E-state index is 14.0. The van der Waals surface area contributed by atoms with Crippen molar-refractivity contribution < 1.29 is 28.7 Å². The van der Waals surface area contributed by atoms with Crippen LogP contribution in [-0.4, -0.2) is 70.0 Å². The number of nitrogens with one attached hydrogen (secondary N) is 4. The number of carboxylic acid groups (broad SMARTS) is 1. The number of rotatable bonds is 12. The van der Waals surface area contributed by atoms with Crippen molar-refractivity contribution in [3.63, 3.8) is 0 Å². The molecular formula is C33H42FN5O5. The van der Waals surface area contributed by atoms with Crippen molar-refractivity contribution in [2.75, 3.05) is 13.1 Å². The average Bonchev–Trinajstić information content (AvgIpc) is 3.18. The molecule has 0 aliphatic carbocycles. The Labute approximate surface area is 256 Å². The van der Waals surface area contributed by atoms with Gasteiger partial charge in [-0.05, 0) is 54.5 Å². The quantitative estimate of drug-likeness (QED) is 0.210. The summed E-state index contributed by atoms with van der Waals surface area (Å²) in [5.74, 6) is -2.97. The standard InChI is InChI=1S/C33H42FN5O5/c1-21(2)16-27(38-33(44)39-14-7-3-4-8-15-39)30(40)36-28(18-22-10-9-11-24(34)17-22)31(41)37-29(32(42)43)19-23-20-35-26-13-6-5-12-25(23)26/h5-6,9-13,17,20-21,27-29,35H,3-4,7-8,14-16,18-19H2,1-2H3,(H,36,40)(H,37,41)(H,38,44)(H,42,43)/t27-,28+,29+/m0/s1. The summed E-state index contributed by atoms with van der Waals surface area (Å²) in [7, 11) is 0. The van der Waals surface area contributed by atoms with E-state index in [-0.39, 0.29) is 24.8 Å². The first-order chi connectivity index (χ1) is 21.1. The zero-order chi connectivity index (χ0) is 31.6. The first-order valence-electron chi connectivity index (χ1n) is 15.3. The number of likely N-dealkylation sites (tertiary alicyclic amines) is 1. The molecular weight excluding hydrogens is 565 g/mol. The molecule has 2 aromatic carbocycles. The first-order valence-corrected chi connectivity index (χ1v) is 15.3. The second-order valence-corrected chi connectivity index (χ2v) is 11.9. The normalized spacial score (nSPS) is 15.7. The van der Waals surface area contributed by atoms with Crippen LogP contribution in [0.2, 0.25) is 0 Å². The van der Waals surface area contributed by atoms with Gasteiger partial charge in [0.15, 0.2) is 0 Å². The summed E-state index contributed by atoms with van der Waals surface area (Å²) >= 11 is 0. The van der Waals surface area contributed by atoms with Gasteiger partial charge in [-0.2, -0.15) is 0 Å². The summed E-state index contributed by atoms with van der Waals surface area (Å²) in [6.07, 6.45) is 5.86. The number of nitrogens with zero attached hydrogens (tertiary/aromatic N) is 1. The molecule has 0 radical (unpaired) electrons. The zero-order valence-electron chi connectivity index (χ0n) is 25.3. The molecule has 0 unspecified atom stereocenters. The largest absolute Gasteiger partial charge is 0.480 e. The molecule has 1 saturated heterocycles. The molecule has 1 aliphatic heterocycles. The van der Waals surface area contributed by atoms with Gasteiger partial charge in [0.25, 0.3) is 0 Å². The Balaban J connectivity index is 1.53. The molecule has 3 atom stereocenters. The van der Waals surface area contributed by atoms with Crippen molar-refractivity contribution >= 4 is 34.7 Å². The molecule has 1 fully saturated rings. The number of hydrogen-bond acceptors (Lipinski definition) is 4. The lowest BCUT2D eigenvalue weighted by Gasteiger charge is -2.28. The second-order valence-electron chi connectivity index (χ2n) is 11.9. The lowest BCUT2D eigenvalue weighted by atomic mass is 10.00. The number of amides is 4. The van der Waals surface area contributed by atoms with Crippen molar-refractivity contribution in [2.24, 2.45) is 5.92 Å². The van der Waals surface area contributed by atoms with Gasteiger partial charge >= 0.3 is 12.0 Å². The van der Waals surface area contributed by atoms with Crippen LogP contribution in [0.4, 0.5) is 9.18 Å². The van der Waals surface area contributed by atoms with Crippen LogP contribution in [0.5, 0.6) is 0 Å². The Morgan fingerprint density at radius 2 is 1.55 bits per heavy atom. The topological polar surface area (TPSA) is 144 Å². The number of carbonyl (C=O) groups is 4. The van der Waals surface area contributed by atoms with E-state index in [1.165, 1.54) is 18.2 Å². The third kappa shape index (κ3) is 9.05. The zero-order valence-corrected chi connectivity index (χ0v) is 25.3. The molecule has 1 aliphatic rings. The van der Waals surface area contributed by atoms with E-state index in [0.717, 1.165) is 36.6 Å². The Morgan fingerprint density at radius 3 is 2.23 bits per heavy atom. The predicted octanol–water partition coefficient (Wildman–Crippen LogP) is 4.15. The average molecular weight is 608 g/mol. The number of fused-ring (bicyclic) bond motifs is 1. The Kier molecular flexibility index (Phi) is 11.3. The Hall–Kier alpha value is -4.41. The minimum atomic E-state index is -1.29. The number of hydrogen-bond donors (Lipinski definition) is 5. The number of carboxylic acids is 1. The van der Waals surface area contributed by atoms with Crippen LogP contribution in [0.15, 0.2) is 54.7 Å². The Bertz CT molecular complexity index is 1450. The highest BCUT2D eigenvalue weighted by Gasteiger charge is 2.31. The molecule has 10 nitrogen and oxygen atoms in total. The molecule has 0 saturated carbocycles. The molecule has 236 valence electrons. The van der Waals surface area contributed by atoms with E-state index >= 15 is 0 Å². The van der Waals surface area contributed by atoms with Gasteiger partial charge in [0.1, 0.15) is 23.9 Å². The number of aromatic amines is 1. The highest BCUT2D eigenvalue weighted by Crippen LogP contribution is 2.19. The van der Waals surface area contributed by atoms with Crippen molar-refractivity contribution in [1.29, 1.82) is 0 Å². The van der Waals surface area contributed by atoms with Crippen LogP contribution in [-0.2, 0) is 27.2 Å². The van der Waals surface area contributed by atoms with E-state index in [9.17, 15) is 28.7 Å². The van der Waals surface area contributed by atoms with Crippen LogP contribution < -0.4 is 16.0 Å². The molecule has 0 bridgehead atoms. The molecule has 2 heterocycles. The highest BCUT2D eigenvalue weighted by atomic mass is 19.1. The van der Waals surface area contributed by atoms with E-state index in [2.05, 4.69) is 20.9 Å². The van der Waals surface area contributed by atoms with Crippen molar-refractivity contribution in [2.45, 2.75) is 76.9 Å². The fourth-order valence-corrected chi connectivity index (χ4v) is 5.59. The summed E-state index contributed by atoms with van der Waals surface area (Å²) in [6, 6.07) is 9.35. The monoisotopic (exact) mass is 607 g/mol. The summed E-state index contributed by atoms with van der Waals surface area (Å²) < 4.78 is 14.0. The van der Waals surface area contributed by atoms with E-state index in [0.29, 0.717) is 30.6 Å². The van der Waals surface area contributed by atoms with Gasteiger partial charge in [-0.3, -0.25) is 9.59 Å². The molecule has 5 N–H and O–H groups in total. The van der Waals surface area contributed by atoms with Crippen LogP contribution in [0, 0.1) is 11.7 Å². The lowest BCUT2D eigenvalue weighted by molar-refractivity contribution is -0.142. The third-order valence-corrected chi connectivity index (χ3v) is 7.89. The van der Waals surface area contributed by atoms with Gasteiger partial charge in [0.2, 0.25) is 11.8 Å². The smallest absolute Gasteiger partial charge is 0.326 e. The molecule has 4 rings (SSSR count). The summed E-state index contributed by atoms with van der Waals surface area (Å²) in [6.45, 7) is 5.08. The number of H-pyrrole nitrogens is 1. The number of urea groups is 1. The van der Waals surface area contributed by atoms with Crippen LogP contribution >= 0.6 is 0 Å². The number of halogens is 1. The second kappa shape index (κ2) is 15.4. The van der Waals surface area contributed by atoms with Gasteiger partial charge < -0.3 is 30.9 Å². The molecule has 1 aromatic heterocycles. The van der Waals surface area contributed by atoms with E-state index < -0.39 is 41.7 Å². The van der Waals surface area contributed by atoms with Gasteiger partial charge in [0.05, 0.1) is 0 Å². The minimum Gasteiger partial charge on any atom is -0.480 e. The summed E-state index contributed by atoms with van der Waals surface area (Å²) in [5, 5.41) is 19.0. The summed E-state index contributed by atoms with van der Waals surface area (Å²) in [4.78, 5) is 57.5. The minimum absolute atomic E-state index is 0.00752. The number of para-hydroxylation sites is 1. The molecule has 3 aromatic rings. The maximum atomic E-state index is 14.0. The van der Waals surface area contributed by atoms with Crippen LogP contribution in [0.25, 0.3) is 10.9 Å². The van der Waals surface area contributed by atoms with Gasteiger partial charge in [-0.1, -0.05) is 57.0 Å². The van der Waals surface area contributed by atoms with Crippen molar-refractivity contribution in [3.05, 3.63) is 71.7 Å². The van der Waals surface area contributed by atoms with Gasteiger partial charge in [-0.15, -0.1) is 0 Å². The van der Waals surface area contributed by atoms with Crippen molar-refractivity contribution in [1.82, 2.24) is 25.8 Å². The highest BCUT2D eigenvalue weighted by molar-refractivity contribution is 5.94. The molecule has 0 spiro atoms. The van der Waals surface area contributed by atoms with E-state index in [1.54, 1.807) is 17.2 Å². The predicted molar refractivity (Wildman–Crippen MR) is 165 cm³/mol. The van der Waals surface area contributed by atoms with Gasteiger partial charge in [-0.25, -0.2) is 14.0 Å². The van der Waals surface area contributed by atoms with Crippen LogP contribution in [0.3, 0.4) is 0 Å². The van der Waals surface area contributed by atoms with E-state index in [4.69, 9.17) is 0 Å². The van der Waals surface area contributed by atoms with Crippen LogP contribution in [0.1, 0.15) is 57.1 Å². The number of benzene rings is 2. The molecule has 44 heavy (non-hydrogen) atoms. The molecule has 4 amide bonds. The molecule has 11 heteroatoms. The van der Waals surface area contributed by atoms with Gasteiger partial charge in [0, 0.05) is 43.0 Å². The first kappa shape index (κ1) is 32.5. The van der Waals surface area contributed by atoms with Crippen molar-refractivity contribution in [3.8, 4) is 0 Å². The SMILES string of the molecule is CC(C)C[C@H](NC(=O)N1CCCCCC1)C(=O)N[C@H](Cc1cccc(F)c1)C(=O)N[C@H](Cc1c[nH]c2ccccc12)C(=O)O. The van der Waals surface area contributed by atoms with E-state index in [1.807, 2.05) is 38.1 Å². The number of aromatic nitrogens is 1. The number of aliphatic carboxylic acids is 1. The lowest BCUT2D eigenvalue weighted by Crippen LogP contribution is -2.58. The Morgan fingerprint density at radius 1 is 0.864 bits per heavy atom.